The van der Waals surface area contributed by atoms with Gasteiger partial charge in [0.2, 0.25) is 0 Å². The van der Waals surface area contributed by atoms with E-state index in [9.17, 15) is 13.2 Å². The van der Waals surface area contributed by atoms with Gasteiger partial charge in [-0.2, -0.15) is 17.8 Å². The molecule has 0 aliphatic carbocycles. The lowest BCUT2D eigenvalue weighted by atomic mass is 10.5. The largest absolute Gasteiger partial charge is 0.448 e. The van der Waals surface area contributed by atoms with Crippen molar-refractivity contribution >= 4 is 22.1 Å². The van der Waals surface area contributed by atoms with E-state index < -0.39 is 16.3 Å². The predicted octanol–water partition coefficient (Wildman–Crippen LogP) is 0.414. The Morgan fingerprint density at radius 3 is 2.67 bits per heavy atom. The summed E-state index contributed by atoms with van der Waals surface area (Å²) < 4.78 is 32.2. The van der Waals surface area contributed by atoms with E-state index in [1.807, 2.05) is 0 Å². The monoisotopic (exact) mass is 276 g/mol. The van der Waals surface area contributed by atoms with Crippen molar-refractivity contribution in [3.63, 3.8) is 0 Å². The Labute approximate surface area is 106 Å². The first-order valence-corrected chi connectivity index (χ1v) is 6.66. The molecule has 0 saturated carbocycles. The van der Waals surface area contributed by atoms with Gasteiger partial charge in [-0.15, -0.1) is 4.68 Å². The van der Waals surface area contributed by atoms with Gasteiger partial charge in [-0.3, -0.25) is 4.72 Å². The number of nitrogens with zero attached hydrogens (tertiary/aromatic N) is 3. The zero-order chi connectivity index (χ0) is 13.9. The second kappa shape index (κ2) is 5.36. The normalized spacial score (nSPS) is 11.6. The van der Waals surface area contributed by atoms with Crippen LogP contribution in [0.5, 0.6) is 0 Å². The first-order chi connectivity index (χ1) is 8.27. The van der Waals surface area contributed by atoms with Gasteiger partial charge in [-0.1, -0.05) is 0 Å². The van der Waals surface area contributed by atoms with Crippen molar-refractivity contribution in [3.8, 4) is 0 Å². The van der Waals surface area contributed by atoms with Crippen molar-refractivity contribution in [2.45, 2.75) is 13.8 Å². The first-order valence-electron chi connectivity index (χ1n) is 5.22. The van der Waals surface area contributed by atoms with Crippen LogP contribution in [0.4, 0.5) is 10.6 Å². The fourth-order valence-corrected chi connectivity index (χ4v) is 1.71. The molecule has 0 saturated heterocycles. The van der Waals surface area contributed by atoms with Gasteiger partial charge in [-0.25, -0.2) is 4.79 Å². The van der Waals surface area contributed by atoms with Crippen LogP contribution in [0.15, 0.2) is 6.07 Å². The number of carbonyl (C=O) groups excluding carboxylic acids is 1. The van der Waals surface area contributed by atoms with Crippen LogP contribution in [-0.2, 0) is 14.9 Å². The molecule has 0 fully saturated rings. The molecule has 1 aromatic rings. The van der Waals surface area contributed by atoms with Crippen LogP contribution < -0.4 is 4.72 Å². The van der Waals surface area contributed by atoms with E-state index in [4.69, 9.17) is 4.74 Å². The topological polar surface area (TPSA) is 93.5 Å². The van der Waals surface area contributed by atoms with E-state index in [1.54, 1.807) is 13.8 Å². The number of aryl methyl sites for hydroxylation is 1. The summed E-state index contributed by atoms with van der Waals surface area (Å²) in [5, 5.41) is 3.87. The Hall–Kier alpha value is -1.61. The molecule has 0 aromatic carbocycles. The van der Waals surface area contributed by atoms with Gasteiger partial charge in [0.05, 0.1) is 12.3 Å². The first kappa shape index (κ1) is 14.5. The highest BCUT2D eigenvalue weighted by atomic mass is 32.2. The number of aromatic nitrogens is 2. The maximum absolute atomic E-state index is 11.7. The summed E-state index contributed by atoms with van der Waals surface area (Å²) in [5.74, 6) is 0.0413. The smallest absolute Gasteiger partial charge is 0.436 e. The fraction of sp³-hybridized carbons (Fsp3) is 0.556. The molecule has 0 spiro atoms. The highest BCUT2D eigenvalue weighted by molar-refractivity contribution is 7.90. The Morgan fingerprint density at radius 1 is 1.56 bits per heavy atom. The Kier molecular flexibility index (Phi) is 4.30. The second-order valence-corrected chi connectivity index (χ2v) is 5.56. The van der Waals surface area contributed by atoms with Crippen molar-refractivity contribution in [1.29, 1.82) is 0 Å². The van der Waals surface area contributed by atoms with E-state index in [1.165, 1.54) is 20.2 Å². The quantitative estimate of drug-likeness (QED) is 0.860. The van der Waals surface area contributed by atoms with Crippen LogP contribution in [0, 0.1) is 6.92 Å². The van der Waals surface area contributed by atoms with Crippen molar-refractivity contribution in [1.82, 2.24) is 14.1 Å². The van der Waals surface area contributed by atoms with E-state index in [0.717, 1.165) is 8.99 Å². The summed E-state index contributed by atoms with van der Waals surface area (Å²) >= 11 is 0. The van der Waals surface area contributed by atoms with Crippen molar-refractivity contribution in [2.75, 3.05) is 25.4 Å². The van der Waals surface area contributed by atoms with Crippen molar-refractivity contribution in [2.24, 2.45) is 0 Å². The number of hydrogen-bond acceptors (Lipinski definition) is 5. The van der Waals surface area contributed by atoms with Crippen LogP contribution >= 0.6 is 0 Å². The summed E-state index contributed by atoms with van der Waals surface area (Å²) in [6.45, 7) is 3.47. The molecule has 1 heterocycles. The Morgan fingerprint density at radius 2 is 2.17 bits per heavy atom. The molecule has 0 radical (unpaired) electrons. The number of carbonyl (C=O) groups is 1. The van der Waals surface area contributed by atoms with Gasteiger partial charge >= 0.3 is 16.3 Å². The molecule has 0 amide bonds. The standard InChI is InChI=1S/C9H16N4O4S/c1-5-17-9(14)13-8(6-7(2)10-13)11-18(15,16)12(3)4/h6,11H,5H2,1-4H3. The molecule has 102 valence electrons. The predicted molar refractivity (Wildman–Crippen MR) is 65.6 cm³/mol. The Balaban J connectivity index is 3.07. The average molecular weight is 276 g/mol. The summed E-state index contributed by atoms with van der Waals surface area (Å²) in [6, 6.07) is 1.44. The lowest BCUT2D eigenvalue weighted by molar-refractivity contribution is 0.151. The summed E-state index contributed by atoms with van der Waals surface area (Å²) in [7, 11) is -0.944. The van der Waals surface area contributed by atoms with Crippen LogP contribution in [0.1, 0.15) is 12.6 Å². The van der Waals surface area contributed by atoms with Crippen LogP contribution in [0.3, 0.4) is 0 Å². The fourth-order valence-electron chi connectivity index (χ4n) is 1.12. The molecule has 1 aromatic heterocycles. The molecule has 0 unspecified atom stereocenters. The van der Waals surface area contributed by atoms with E-state index in [-0.39, 0.29) is 12.4 Å². The second-order valence-electron chi connectivity index (χ2n) is 3.67. The number of anilines is 1. The zero-order valence-electron chi connectivity index (χ0n) is 10.7. The van der Waals surface area contributed by atoms with E-state index in [2.05, 4.69) is 9.82 Å². The van der Waals surface area contributed by atoms with Crippen molar-refractivity contribution < 1.29 is 17.9 Å². The highest BCUT2D eigenvalue weighted by Crippen LogP contribution is 2.13. The van der Waals surface area contributed by atoms with E-state index in [0.29, 0.717) is 5.69 Å². The lowest BCUT2D eigenvalue weighted by Gasteiger charge is -2.13. The minimum atomic E-state index is -3.69. The zero-order valence-corrected chi connectivity index (χ0v) is 11.5. The summed E-state index contributed by atoms with van der Waals surface area (Å²) in [4.78, 5) is 11.6. The van der Waals surface area contributed by atoms with Crippen LogP contribution in [0.25, 0.3) is 0 Å². The van der Waals surface area contributed by atoms with Crippen LogP contribution in [-0.4, -0.2) is 49.3 Å². The van der Waals surface area contributed by atoms with Gasteiger partial charge in [0.25, 0.3) is 0 Å². The summed E-state index contributed by atoms with van der Waals surface area (Å²) in [5.41, 5.74) is 0.500. The SMILES string of the molecule is CCOC(=O)n1nc(C)cc1NS(=O)(=O)N(C)C. The van der Waals surface area contributed by atoms with Gasteiger partial charge < -0.3 is 4.74 Å². The third kappa shape index (κ3) is 3.20. The Bertz CT molecular complexity index is 535. The molecular formula is C9H16N4O4S. The number of rotatable bonds is 4. The number of ether oxygens (including phenoxy) is 1. The molecule has 0 aliphatic heterocycles. The van der Waals surface area contributed by atoms with Crippen molar-refractivity contribution in [3.05, 3.63) is 11.8 Å². The minimum Gasteiger partial charge on any atom is -0.448 e. The highest BCUT2D eigenvalue weighted by Gasteiger charge is 2.20. The summed E-state index contributed by atoms with van der Waals surface area (Å²) in [6.07, 6.45) is -0.734. The van der Waals surface area contributed by atoms with E-state index >= 15 is 0 Å². The minimum absolute atomic E-state index is 0.0413. The lowest BCUT2D eigenvalue weighted by Crippen LogP contribution is -2.31. The molecule has 9 heteroatoms. The molecule has 8 nitrogen and oxygen atoms in total. The molecule has 18 heavy (non-hydrogen) atoms. The number of hydrogen-bond donors (Lipinski definition) is 1. The van der Waals surface area contributed by atoms with Gasteiger partial charge in [0, 0.05) is 20.2 Å². The van der Waals surface area contributed by atoms with Gasteiger partial charge in [0.15, 0.2) is 5.82 Å². The van der Waals surface area contributed by atoms with Crippen LogP contribution in [0.2, 0.25) is 0 Å². The third-order valence-corrected chi connectivity index (χ3v) is 3.42. The molecule has 1 rings (SSSR count). The average Bonchev–Trinajstić information content (AvgIpc) is 2.58. The maximum atomic E-state index is 11.7. The molecule has 0 atom stereocenters. The third-order valence-electron chi connectivity index (χ3n) is 1.99. The molecule has 0 aliphatic rings. The van der Waals surface area contributed by atoms with Gasteiger partial charge in [0.1, 0.15) is 0 Å². The molecule has 1 N–H and O–H groups in total. The maximum Gasteiger partial charge on any atom is 0.436 e. The molecular weight excluding hydrogens is 260 g/mol. The van der Waals surface area contributed by atoms with Gasteiger partial charge in [-0.05, 0) is 13.8 Å². The molecule has 0 bridgehead atoms. The number of nitrogens with one attached hydrogen (secondary N) is 1.